The summed E-state index contributed by atoms with van der Waals surface area (Å²) in [5.41, 5.74) is 3.17. The molecule has 0 fully saturated rings. The molecule has 0 aliphatic heterocycles. The van der Waals surface area contributed by atoms with Crippen molar-refractivity contribution in [3.8, 4) is 0 Å². The minimum atomic E-state index is 0.172. The summed E-state index contributed by atoms with van der Waals surface area (Å²) in [6.45, 7) is 5.29. The molecule has 0 saturated heterocycles. The maximum atomic E-state index is 9.33. The molecule has 2 rings (SSSR count). The van der Waals surface area contributed by atoms with Crippen LogP contribution in [-0.2, 0) is 10.8 Å². The molecule has 0 amide bonds. The molecule has 2 unspecified atom stereocenters. The Hall–Kier alpha value is -1.29. The molecule has 3 heteroatoms. The highest BCUT2D eigenvalue weighted by Gasteiger charge is 2.26. The average Bonchev–Trinajstić information content (AvgIpc) is 2.86. The van der Waals surface area contributed by atoms with Crippen LogP contribution in [0, 0.1) is 0 Å². The van der Waals surface area contributed by atoms with Crippen LogP contribution in [0.3, 0.4) is 0 Å². The molecule has 2 atom stereocenters. The van der Waals surface area contributed by atoms with Gasteiger partial charge in [-0.2, -0.15) is 11.8 Å². The van der Waals surface area contributed by atoms with Crippen LogP contribution in [0.4, 0.5) is 0 Å². The standard InChI is InChI=1S/C30H46O2S/c1-29(21-13-23-31,27-15-5-3-6-16-27)19-9-11-25-33-26-12-10-20-30(2,22-14-24-32)28-17-7-4-8-18-28/h3-8,15-18,31-32H,9-14,19-26H2,1-2H3. The van der Waals surface area contributed by atoms with E-state index in [1.54, 1.807) is 0 Å². The highest BCUT2D eigenvalue weighted by atomic mass is 32.2. The Bertz CT molecular complexity index is 672. The van der Waals surface area contributed by atoms with E-state index in [1.165, 1.54) is 61.2 Å². The smallest absolute Gasteiger partial charge is 0.0431 e. The highest BCUT2D eigenvalue weighted by Crippen LogP contribution is 2.35. The zero-order valence-corrected chi connectivity index (χ0v) is 21.8. The molecule has 2 aromatic rings. The molecule has 0 bridgehead atoms. The maximum absolute atomic E-state index is 9.33. The predicted octanol–water partition coefficient (Wildman–Crippen LogP) is 7.52. The van der Waals surface area contributed by atoms with Crippen LogP contribution in [0.2, 0.25) is 0 Å². The van der Waals surface area contributed by atoms with Crippen LogP contribution in [0.25, 0.3) is 0 Å². The van der Waals surface area contributed by atoms with Crippen LogP contribution < -0.4 is 0 Å². The summed E-state index contributed by atoms with van der Waals surface area (Å²) >= 11 is 2.10. The van der Waals surface area contributed by atoms with Crippen LogP contribution in [0.1, 0.15) is 89.2 Å². The molecule has 0 aliphatic carbocycles. The Balaban J connectivity index is 1.66. The molecule has 0 radical (unpaired) electrons. The molecule has 0 heterocycles. The molecule has 0 aromatic heterocycles. The van der Waals surface area contributed by atoms with E-state index < -0.39 is 0 Å². The number of rotatable bonds is 18. The zero-order chi connectivity index (χ0) is 23.8. The summed E-state index contributed by atoms with van der Waals surface area (Å²) in [6, 6.07) is 21.7. The van der Waals surface area contributed by atoms with Gasteiger partial charge in [0.1, 0.15) is 0 Å². The average molecular weight is 471 g/mol. The van der Waals surface area contributed by atoms with Crippen LogP contribution in [0.5, 0.6) is 0 Å². The minimum absolute atomic E-state index is 0.172. The first-order valence-corrected chi connectivity index (χ1v) is 14.1. The number of benzene rings is 2. The van der Waals surface area contributed by atoms with Gasteiger partial charge in [0.2, 0.25) is 0 Å². The van der Waals surface area contributed by atoms with Crippen molar-refractivity contribution >= 4 is 11.8 Å². The topological polar surface area (TPSA) is 40.5 Å². The van der Waals surface area contributed by atoms with E-state index in [9.17, 15) is 10.2 Å². The summed E-state index contributed by atoms with van der Waals surface area (Å²) in [4.78, 5) is 0. The van der Waals surface area contributed by atoms with E-state index in [4.69, 9.17) is 0 Å². The molecule has 0 aliphatic rings. The Morgan fingerprint density at radius 1 is 0.545 bits per heavy atom. The third-order valence-electron chi connectivity index (χ3n) is 7.25. The molecule has 184 valence electrons. The SMILES string of the molecule is CC(CCCO)(CCCCSCCCCC(C)(CCCO)c1ccccc1)c1ccccc1. The first kappa shape index (κ1) is 28.0. The fourth-order valence-corrected chi connectivity index (χ4v) is 6.01. The quantitative estimate of drug-likeness (QED) is 0.221. The van der Waals surface area contributed by atoms with Crippen molar-refractivity contribution < 1.29 is 10.2 Å². The van der Waals surface area contributed by atoms with Gasteiger partial charge < -0.3 is 10.2 Å². The van der Waals surface area contributed by atoms with Crippen molar-refractivity contribution in [3.63, 3.8) is 0 Å². The van der Waals surface area contributed by atoms with Crippen LogP contribution in [-0.4, -0.2) is 34.9 Å². The second kappa shape index (κ2) is 15.6. The van der Waals surface area contributed by atoms with Gasteiger partial charge in [-0.05, 0) is 84.8 Å². The number of unbranched alkanes of at least 4 members (excludes halogenated alkanes) is 2. The van der Waals surface area contributed by atoms with E-state index in [0.717, 1.165) is 25.7 Å². The van der Waals surface area contributed by atoms with Gasteiger partial charge in [0.05, 0.1) is 0 Å². The van der Waals surface area contributed by atoms with Crippen molar-refractivity contribution in [2.75, 3.05) is 24.7 Å². The first-order valence-electron chi connectivity index (χ1n) is 12.9. The van der Waals surface area contributed by atoms with Gasteiger partial charge in [-0.25, -0.2) is 0 Å². The number of aliphatic hydroxyl groups is 2. The summed E-state index contributed by atoms with van der Waals surface area (Å²) in [5.74, 6) is 2.48. The number of aliphatic hydroxyl groups excluding tert-OH is 2. The molecular formula is C30H46O2S. The normalized spacial score (nSPS) is 15.2. The molecule has 2 aromatic carbocycles. The molecular weight excluding hydrogens is 424 g/mol. The van der Waals surface area contributed by atoms with Crippen molar-refractivity contribution in [2.24, 2.45) is 0 Å². The van der Waals surface area contributed by atoms with Crippen molar-refractivity contribution in [1.29, 1.82) is 0 Å². The van der Waals surface area contributed by atoms with Gasteiger partial charge in [0.15, 0.2) is 0 Å². The van der Waals surface area contributed by atoms with Crippen molar-refractivity contribution in [2.45, 2.75) is 88.9 Å². The van der Waals surface area contributed by atoms with Crippen LogP contribution in [0.15, 0.2) is 60.7 Å². The van der Waals surface area contributed by atoms with E-state index in [-0.39, 0.29) is 24.0 Å². The van der Waals surface area contributed by atoms with E-state index in [2.05, 4.69) is 86.3 Å². The summed E-state index contributed by atoms with van der Waals surface area (Å²) in [6.07, 6.45) is 11.3. The van der Waals surface area contributed by atoms with E-state index in [1.807, 2.05) is 0 Å². The summed E-state index contributed by atoms with van der Waals surface area (Å²) < 4.78 is 0. The molecule has 0 saturated carbocycles. The number of thioether (sulfide) groups is 1. The van der Waals surface area contributed by atoms with E-state index in [0.29, 0.717) is 0 Å². The Morgan fingerprint density at radius 3 is 1.27 bits per heavy atom. The lowest BCUT2D eigenvalue weighted by molar-refractivity contribution is 0.258. The van der Waals surface area contributed by atoms with Crippen LogP contribution >= 0.6 is 11.8 Å². The first-order chi connectivity index (χ1) is 16.0. The molecule has 33 heavy (non-hydrogen) atoms. The van der Waals surface area contributed by atoms with Crippen molar-refractivity contribution in [3.05, 3.63) is 71.8 Å². The molecule has 2 nitrogen and oxygen atoms in total. The monoisotopic (exact) mass is 470 g/mol. The van der Waals surface area contributed by atoms with Gasteiger partial charge in [-0.15, -0.1) is 0 Å². The third-order valence-corrected chi connectivity index (χ3v) is 8.40. The lowest BCUT2D eigenvalue weighted by Gasteiger charge is -2.30. The summed E-state index contributed by atoms with van der Waals surface area (Å²) in [5, 5.41) is 18.7. The second-order valence-electron chi connectivity index (χ2n) is 10.0. The number of hydrogen-bond donors (Lipinski definition) is 2. The zero-order valence-electron chi connectivity index (χ0n) is 21.0. The van der Waals surface area contributed by atoms with Crippen molar-refractivity contribution in [1.82, 2.24) is 0 Å². The van der Waals surface area contributed by atoms with Gasteiger partial charge in [-0.1, -0.05) is 87.4 Å². The Morgan fingerprint density at radius 2 is 0.909 bits per heavy atom. The van der Waals surface area contributed by atoms with Gasteiger partial charge in [-0.3, -0.25) is 0 Å². The maximum Gasteiger partial charge on any atom is 0.0431 e. The lowest BCUT2D eigenvalue weighted by Crippen LogP contribution is -2.22. The highest BCUT2D eigenvalue weighted by molar-refractivity contribution is 7.99. The summed E-state index contributed by atoms with van der Waals surface area (Å²) in [7, 11) is 0. The van der Waals surface area contributed by atoms with Gasteiger partial charge in [0, 0.05) is 13.2 Å². The van der Waals surface area contributed by atoms with Gasteiger partial charge >= 0.3 is 0 Å². The second-order valence-corrected chi connectivity index (χ2v) is 11.3. The third kappa shape index (κ3) is 9.84. The fraction of sp³-hybridized carbons (Fsp3) is 0.600. The predicted molar refractivity (Wildman–Crippen MR) is 145 cm³/mol. The Kier molecular flexibility index (Phi) is 13.2. The lowest BCUT2D eigenvalue weighted by atomic mass is 9.75. The molecule has 2 N–H and O–H groups in total. The largest absolute Gasteiger partial charge is 0.396 e. The van der Waals surface area contributed by atoms with Gasteiger partial charge in [0.25, 0.3) is 0 Å². The minimum Gasteiger partial charge on any atom is -0.396 e. The van der Waals surface area contributed by atoms with E-state index >= 15 is 0 Å². The Labute approximate surface area is 207 Å². The number of hydrogen-bond acceptors (Lipinski definition) is 3. The molecule has 0 spiro atoms. The fourth-order valence-electron chi connectivity index (χ4n) is 4.99.